The van der Waals surface area contributed by atoms with Crippen molar-refractivity contribution >= 4 is 60.9 Å². The van der Waals surface area contributed by atoms with Crippen molar-refractivity contribution in [1.82, 2.24) is 0 Å². The number of anilines is 3. The molecule has 0 atom stereocenters. The highest BCUT2D eigenvalue weighted by atomic mass is 16.3. The molecule has 2 heterocycles. The summed E-state index contributed by atoms with van der Waals surface area (Å²) in [7, 11) is 0. The monoisotopic (exact) mass is 769 g/mol. The number of furan rings is 2. The first kappa shape index (κ1) is 34.4. The first-order valence-corrected chi connectivity index (χ1v) is 20.7. The highest BCUT2D eigenvalue weighted by molar-refractivity contribution is 6.27. The van der Waals surface area contributed by atoms with E-state index in [0.717, 1.165) is 83.2 Å². The average molecular weight is 770 g/mol. The molecule has 11 aromatic rings. The second-order valence-electron chi connectivity index (χ2n) is 16.4. The maximum absolute atomic E-state index is 7.15. The minimum absolute atomic E-state index is 0.183. The van der Waals surface area contributed by atoms with E-state index in [4.69, 9.17) is 8.83 Å². The van der Waals surface area contributed by atoms with Crippen molar-refractivity contribution in [3.05, 3.63) is 211 Å². The van der Waals surface area contributed by atoms with E-state index in [0.29, 0.717) is 0 Å². The third kappa shape index (κ3) is 5.22. The molecule has 0 spiro atoms. The minimum atomic E-state index is -0.183. The van der Waals surface area contributed by atoms with Crippen LogP contribution in [0.1, 0.15) is 25.0 Å². The van der Waals surface area contributed by atoms with E-state index in [-0.39, 0.29) is 5.41 Å². The molecule has 2 aromatic heterocycles. The van der Waals surface area contributed by atoms with Crippen molar-refractivity contribution in [2.75, 3.05) is 4.90 Å². The molecule has 284 valence electrons. The molecule has 0 aliphatic heterocycles. The zero-order chi connectivity index (χ0) is 40.0. The summed E-state index contributed by atoms with van der Waals surface area (Å²) in [6.07, 6.45) is 0. The quantitative estimate of drug-likeness (QED) is 0.169. The Morgan fingerprint density at radius 2 is 0.950 bits per heavy atom. The zero-order valence-electron chi connectivity index (χ0n) is 33.3. The number of para-hydroxylation sites is 2. The topological polar surface area (TPSA) is 29.5 Å². The Morgan fingerprint density at radius 3 is 1.73 bits per heavy atom. The van der Waals surface area contributed by atoms with Gasteiger partial charge in [0.1, 0.15) is 16.7 Å². The first-order valence-electron chi connectivity index (χ1n) is 20.7. The number of rotatable bonds is 6. The second kappa shape index (κ2) is 13.2. The van der Waals surface area contributed by atoms with E-state index < -0.39 is 0 Å². The normalized spacial score (nSPS) is 13.0. The summed E-state index contributed by atoms with van der Waals surface area (Å²) in [6.45, 7) is 4.70. The molecule has 1 aliphatic carbocycles. The van der Waals surface area contributed by atoms with Gasteiger partial charge in [0, 0.05) is 38.2 Å². The van der Waals surface area contributed by atoms with Crippen molar-refractivity contribution in [1.29, 1.82) is 0 Å². The summed E-state index contributed by atoms with van der Waals surface area (Å²) in [5.74, 6) is 0. The Hall–Kier alpha value is -7.62. The van der Waals surface area contributed by atoms with Gasteiger partial charge in [0.2, 0.25) is 0 Å². The molecule has 0 saturated heterocycles. The van der Waals surface area contributed by atoms with Gasteiger partial charge in [-0.15, -0.1) is 0 Å². The lowest BCUT2D eigenvalue weighted by Gasteiger charge is -2.30. The van der Waals surface area contributed by atoms with Gasteiger partial charge in [0.05, 0.1) is 11.4 Å². The van der Waals surface area contributed by atoms with E-state index in [1.165, 1.54) is 33.4 Å². The van der Waals surface area contributed by atoms with Crippen LogP contribution in [0, 0.1) is 0 Å². The number of hydrogen-bond acceptors (Lipinski definition) is 3. The largest absolute Gasteiger partial charge is 0.456 e. The van der Waals surface area contributed by atoms with Gasteiger partial charge in [0.25, 0.3) is 0 Å². The van der Waals surface area contributed by atoms with Gasteiger partial charge in [0.15, 0.2) is 5.58 Å². The fourth-order valence-electron chi connectivity index (χ4n) is 9.75. The molecule has 0 amide bonds. The second-order valence-corrected chi connectivity index (χ2v) is 16.4. The van der Waals surface area contributed by atoms with Crippen LogP contribution in [-0.2, 0) is 5.41 Å². The Morgan fingerprint density at radius 1 is 0.367 bits per heavy atom. The first-order chi connectivity index (χ1) is 29.5. The number of nitrogens with zero attached hydrogens (tertiary/aromatic N) is 1. The van der Waals surface area contributed by atoms with Gasteiger partial charge < -0.3 is 13.7 Å². The summed E-state index contributed by atoms with van der Waals surface area (Å²) < 4.78 is 13.6. The molecule has 0 bridgehead atoms. The minimum Gasteiger partial charge on any atom is -0.456 e. The molecule has 0 radical (unpaired) electrons. The molecule has 0 saturated carbocycles. The Kier molecular flexibility index (Phi) is 7.58. The van der Waals surface area contributed by atoms with Crippen molar-refractivity contribution in [3.8, 4) is 44.5 Å². The van der Waals surface area contributed by atoms with Gasteiger partial charge in [-0.2, -0.15) is 0 Å². The van der Waals surface area contributed by atoms with E-state index in [1.54, 1.807) is 0 Å². The van der Waals surface area contributed by atoms with Crippen molar-refractivity contribution in [3.63, 3.8) is 0 Å². The van der Waals surface area contributed by atoms with Crippen LogP contribution < -0.4 is 4.90 Å². The van der Waals surface area contributed by atoms with Gasteiger partial charge in [-0.3, -0.25) is 0 Å². The summed E-state index contributed by atoms with van der Waals surface area (Å²) in [4.78, 5) is 2.43. The molecule has 0 fully saturated rings. The third-order valence-electron chi connectivity index (χ3n) is 12.7. The number of fused-ring (bicyclic) bond motifs is 10. The Balaban J connectivity index is 1.18. The lowest BCUT2D eigenvalue weighted by Crippen LogP contribution is -2.17. The van der Waals surface area contributed by atoms with E-state index in [9.17, 15) is 0 Å². The van der Waals surface area contributed by atoms with Crippen LogP contribution in [0.4, 0.5) is 17.1 Å². The maximum Gasteiger partial charge on any atom is 0.159 e. The van der Waals surface area contributed by atoms with Crippen molar-refractivity contribution in [2.24, 2.45) is 0 Å². The van der Waals surface area contributed by atoms with Gasteiger partial charge in [-0.25, -0.2) is 0 Å². The SMILES string of the molecule is CC1(C)c2ccccc2-c2ccc(N(c3ccccc3-c3ccccc3)c3cc(-c4ccc(-c5ccccc5)cc4)cc4c3oc3ccc5oc6ccccc6c5c34)cc21. The van der Waals surface area contributed by atoms with Crippen molar-refractivity contribution in [2.45, 2.75) is 19.3 Å². The van der Waals surface area contributed by atoms with Gasteiger partial charge >= 0.3 is 0 Å². The molecule has 0 N–H and O–H groups in total. The highest BCUT2D eigenvalue weighted by Crippen LogP contribution is 2.53. The van der Waals surface area contributed by atoms with Crippen LogP contribution in [-0.4, -0.2) is 0 Å². The molecule has 9 aromatic carbocycles. The standard InChI is InChI=1S/C57H39NO2/c1-57(2)47-22-12-9-20-43(47)44-30-29-41(35-48(44)57)58(49-23-13-10-19-42(49)39-17-7-4-8-18-39)50-34-40(38-27-25-37(26-28-38)36-15-5-3-6-16-36)33-46-55-53(60-56(46)50)32-31-52-54(55)45-21-11-14-24-51(45)59-52/h3-35H,1-2H3. The fourth-order valence-corrected chi connectivity index (χ4v) is 9.75. The van der Waals surface area contributed by atoms with Crippen LogP contribution in [0.25, 0.3) is 88.4 Å². The van der Waals surface area contributed by atoms with Crippen LogP contribution in [0.15, 0.2) is 209 Å². The lowest BCUT2D eigenvalue weighted by atomic mass is 9.82. The summed E-state index contributed by atoms with van der Waals surface area (Å²) in [5, 5.41) is 4.24. The van der Waals surface area contributed by atoms with Gasteiger partial charge in [-0.05, 0) is 98.6 Å². The Labute approximate surface area is 348 Å². The zero-order valence-corrected chi connectivity index (χ0v) is 33.3. The maximum atomic E-state index is 7.15. The molecular formula is C57H39NO2. The summed E-state index contributed by atoms with van der Waals surface area (Å²) >= 11 is 0. The molecular weight excluding hydrogens is 731 g/mol. The van der Waals surface area contributed by atoms with E-state index in [2.05, 4.69) is 201 Å². The molecule has 12 rings (SSSR count). The average Bonchev–Trinajstić information content (AvgIpc) is 3.95. The highest BCUT2D eigenvalue weighted by Gasteiger charge is 2.36. The van der Waals surface area contributed by atoms with Crippen LogP contribution in [0.3, 0.4) is 0 Å². The van der Waals surface area contributed by atoms with E-state index in [1.807, 2.05) is 18.2 Å². The van der Waals surface area contributed by atoms with E-state index >= 15 is 0 Å². The smallest absolute Gasteiger partial charge is 0.159 e. The Bertz CT molecular complexity index is 3450. The molecule has 1 aliphatic rings. The van der Waals surface area contributed by atoms with Crippen LogP contribution in [0.2, 0.25) is 0 Å². The third-order valence-corrected chi connectivity index (χ3v) is 12.7. The fraction of sp³-hybridized carbons (Fsp3) is 0.0526. The lowest BCUT2D eigenvalue weighted by molar-refractivity contribution is 0.660. The molecule has 3 nitrogen and oxygen atoms in total. The molecule has 60 heavy (non-hydrogen) atoms. The van der Waals surface area contributed by atoms with Gasteiger partial charge in [-0.1, -0.05) is 166 Å². The molecule has 0 unspecified atom stereocenters. The summed E-state index contributed by atoms with van der Waals surface area (Å²) in [6, 6.07) is 71.9. The molecule has 3 heteroatoms. The van der Waals surface area contributed by atoms with Crippen molar-refractivity contribution < 1.29 is 8.83 Å². The predicted molar refractivity (Wildman–Crippen MR) is 250 cm³/mol. The van der Waals surface area contributed by atoms with Crippen LogP contribution >= 0.6 is 0 Å². The predicted octanol–water partition coefficient (Wildman–Crippen LogP) is 16.3. The number of benzene rings is 9. The summed E-state index contributed by atoms with van der Waals surface area (Å²) in [5.41, 5.74) is 18.4. The number of hydrogen-bond donors (Lipinski definition) is 0. The van der Waals surface area contributed by atoms with Crippen LogP contribution in [0.5, 0.6) is 0 Å².